The number of para-hydroxylation sites is 1. The Bertz CT molecular complexity index is 646. The van der Waals surface area contributed by atoms with Crippen molar-refractivity contribution in [3.63, 3.8) is 0 Å². The van der Waals surface area contributed by atoms with E-state index >= 15 is 0 Å². The van der Waals surface area contributed by atoms with Gasteiger partial charge < -0.3 is 10.4 Å². The minimum absolute atomic E-state index is 0.108. The number of hydrogen-bond donors (Lipinski definition) is 2. The van der Waals surface area contributed by atoms with Crippen molar-refractivity contribution < 1.29 is 23.1 Å². The zero-order valence-electron chi connectivity index (χ0n) is 10.1. The molecule has 0 radical (unpaired) electrons. The number of rotatable bonds is 4. The Balaban J connectivity index is 2.40. The van der Waals surface area contributed by atoms with Crippen molar-refractivity contribution in [2.24, 2.45) is 0 Å². The second-order valence-corrected chi connectivity index (χ2v) is 4.06. The molecule has 1 unspecified atom stereocenters. The topological polar surface area (TPSA) is 49.3 Å². The summed E-state index contributed by atoms with van der Waals surface area (Å²) in [7, 11) is 0. The fourth-order valence-corrected chi connectivity index (χ4v) is 1.74. The molecule has 2 rings (SSSR count). The predicted octanol–water partition coefficient (Wildman–Crippen LogP) is 3.34. The molecule has 0 amide bonds. The Morgan fingerprint density at radius 1 is 1.05 bits per heavy atom. The molecule has 0 bridgehead atoms. The van der Waals surface area contributed by atoms with E-state index in [1.807, 2.05) is 0 Å². The molecule has 0 fully saturated rings. The molecular formula is C14H10F3NO2. The van der Waals surface area contributed by atoms with Crippen LogP contribution in [0, 0.1) is 17.5 Å². The fraction of sp³-hybridized carbons (Fsp3) is 0.0714. The number of carboxylic acids is 1. The molecule has 0 saturated carbocycles. The molecule has 0 saturated heterocycles. The molecule has 104 valence electrons. The second kappa shape index (κ2) is 5.64. The third-order valence-electron chi connectivity index (χ3n) is 2.69. The lowest BCUT2D eigenvalue weighted by molar-refractivity contribution is -0.138. The fourth-order valence-electron chi connectivity index (χ4n) is 1.74. The van der Waals surface area contributed by atoms with Gasteiger partial charge in [-0.3, -0.25) is 0 Å². The Hall–Kier alpha value is -2.50. The maximum Gasteiger partial charge on any atom is 0.330 e. The average molecular weight is 281 g/mol. The van der Waals surface area contributed by atoms with Crippen LogP contribution in [-0.2, 0) is 4.79 Å². The van der Waals surface area contributed by atoms with Crippen molar-refractivity contribution in [1.29, 1.82) is 0 Å². The molecule has 1 atom stereocenters. The highest BCUT2D eigenvalue weighted by Crippen LogP contribution is 2.24. The van der Waals surface area contributed by atoms with Crippen LogP contribution in [0.3, 0.4) is 0 Å². The lowest BCUT2D eigenvalue weighted by atomic mass is 10.1. The third-order valence-corrected chi connectivity index (χ3v) is 2.69. The van der Waals surface area contributed by atoms with Crippen LogP contribution < -0.4 is 5.32 Å². The second-order valence-electron chi connectivity index (χ2n) is 4.06. The molecule has 0 aromatic heterocycles. The lowest BCUT2D eigenvalue weighted by Crippen LogP contribution is -2.22. The van der Waals surface area contributed by atoms with Gasteiger partial charge in [-0.2, -0.15) is 0 Å². The molecule has 6 heteroatoms. The maximum atomic E-state index is 13.6. The summed E-state index contributed by atoms with van der Waals surface area (Å²) in [5.41, 5.74) is -0.510. The number of halogens is 3. The minimum atomic E-state index is -1.59. The van der Waals surface area contributed by atoms with Crippen LogP contribution in [0.15, 0.2) is 42.5 Å². The van der Waals surface area contributed by atoms with Gasteiger partial charge >= 0.3 is 5.97 Å². The molecule has 2 aromatic carbocycles. The SMILES string of the molecule is O=C(O)C(Nc1ccccc1F)c1cc(F)ccc1F. The molecule has 2 N–H and O–H groups in total. The molecule has 20 heavy (non-hydrogen) atoms. The third kappa shape index (κ3) is 2.90. The summed E-state index contributed by atoms with van der Waals surface area (Å²) >= 11 is 0. The largest absolute Gasteiger partial charge is 0.479 e. The number of anilines is 1. The van der Waals surface area contributed by atoms with Crippen molar-refractivity contribution in [2.75, 3.05) is 5.32 Å². The number of aliphatic carboxylic acids is 1. The van der Waals surface area contributed by atoms with Gasteiger partial charge in [0.25, 0.3) is 0 Å². The van der Waals surface area contributed by atoms with Crippen LogP contribution >= 0.6 is 0 Å². The zero-order valence-corrected chi connectivity index (χ0v) is 10.1. The summed E-state index contributed by atoms with van der Waals surface area (Å²) in [5, 5.41) is 11.5. The van der Waals surface area contributed by atoms with Crippen molar-refractivity contribution in [3.8, 4) is 0 Å². The van der Waals surface area contributed by atoms with Crippen LogP contribution in [0.25, 0.3) is 0 Å². The van der Waals surface area contributed by atoms with Gasteiger partial charge in [0.2, 0.25) is 0 Å². The van der Waals surface area contributed by atoms with Gasteiger partial charge in [0.15, 0.2) is 6.04 Å². The number of benzene rings is 2. The number of carboxylic acid groups (broad SMARTS) is 1. The van der Waals surface area contributed by atoms with Crippen molar-refractivity contribution >= 4 is 11.7 Å². The van der Waals surface area contributed by atoms with E-state index < -0.39 is 35.0 Å². The molecule has 0 heterocycles. The maximum absolute atomic E-state index is 13.6. The number of carbonyl (C=O) groups is 1. The van der Waals surface area contributed by atoms with Crippen molar-refractivity contribution in [2.45, 2.75) is 6.04 Å². The first kappa shape index (κ1) is 13.9. The Kier molecular flexibility index (Phi) is 3.93. The Morgan fingerprint density at radius 3 is 2.40 bits per heavy atom. The predicted molar refractivity (Wildman–Crippen MR) is 66.8 cm³/mol. The number of hydrogen-bond acceptors (Lipinski definition) is 2. The molecular weight excluding hydrogens is 271 g/mol. The molecule has 2 aromatic rings. The van der Waals surface area contributed by atoms with Gasteiger partial charge in [0.1, 0.15) is 17.5 Å². The zero-order chi connectivity index (χ0) is 14.7. The van der Waals surface area contributed by atoms with Crippen molar-refractivity contribution in [3.05, 3.63) is 65.5 Å². The molecule has 0 aliphatic rings. The van der Waals surface area contributed by atoms with E-state index in [0.717, 1.165) is 24.3 Å². The summed E-state index contributed by atoms with van der Waals surface area (Å²) in [6, 6.07) is 6.23. The summed E-state index contributed by atoms with van der Waals surface area (Å²) in [4.78, 5) is 11.2. The van der Waals surface area contributed by atoms with Gasteiger partial charge in [-0.1, -0.05) is 12.1 Å². The highest BCUT2D eigenvalue weighted by Gasteiger charge is 2.24. The van der Waals surface area contributed by atoms with Crippen LogP contribution in [0.1, 0.15) is 11.6 Å². The van der Waals surface area contributed by atoms with E-state index in [9.17, 15) is 18.0 Å². The van der Waals surface area contributed by atoms with E-state index in [0.29, 0.717) is 0 Å². The van der Waals surface area contributed by atoms with Crippen molar-refractivity contribution in [1.82, 2.24) is 0 Å². The van der Waals surface area contributed by atoms with E-state index in [4.69, 9.17) is 5.11 Å². The summed E-state index contributed by atoms with van der Waals surface area (Å²) in [5.74, 6) is -3.79. The Morgan fingerprint density at radius 2 is 1.75 bits per heavy atom. The Labute approximate surface area is 112 Å². The van der Waals surface area contributed by atoms with E-state index in [1.54, 1.807) is 0 Å². The summed E-state index contributed by atoms with van der Waals surface area (Å²) < 4.78 is 40.2. The molecule has 3 nitrogen and oxygen atoms in total. The van der Waals surface area contributed by atoms with Crippen LogP contribution in [0.4, 0.5) is 18.9 Å². The molecule has 0 aliphatic carbocycles. The summed E-state index contributed by atoms with van der Waals surface area (Å²) in [6.45, 7) is 0. The summed E-state index contributed by atoms with van der Waals surface area (Å²) in [6.07, 6.45) is 0. The van der Waals surface area contributed by atoms with Gasteiger partial charge in [-0.25, -0.2) is 18.0 Å². The number of nitrogens with one attached hydrogen (secondary N) is 1. The monoisotopic (exact) mass is 281 g/mol. The van der Waals surface area contributed by atoms with Gasteiger partial charge in [0.05, 0.1) is 5.69 Å². The smallest absolute Gasteiger partial charge is 0.330 e. The first-order valence-corrected chi connectivity index (χ1v) is 5.68. The van der Waals surface area contributed by atoms with Crippen LogP contribution in [0.2, 0.25) is 0 Å². The standard InChI is InChI=1S/C14H10F3NO2/c15-8-5-6-10(16)9(7-8)13(14(19)20)18-12-4-2-1-3-11(12)17/h1-7,13,18H,(H,19,20). The highest BCUT2D eigenvalue weighted by atomic mass is 19.1. The van der Waals surface area contributed by atoms with E-state index in [-0.39, 0.29) is 5.69 Å². The molecule has 0 spiro atoms. The highest BCUT2D eigenvalue weighted by molar-refractivity contribution is 5.79. The van der Waals surface area contributed by atoms with Gasteiger partial charge in [-0.05, 0) is 30.3 Å². The average Bonchev–Trinajstić information content (AvgIpc) is 2.40. The first-order chi connectivity index (χ1) is 9.49. The normalized spacial score (nSPS) is 11.9. The minimum Gasteiger partial charge on any atom is -0.479 e. The quantitative estimate of drug-likeness (QED) is 0.903. The van der Waals surface area contributed by atoms with Crippen LogP contribution in [0.5, 0.6) is 0 Å². The van der Waals surface area contributed by atoms with Crippen LogP contribution in [-0.4, -0.2) is 11.1 Å². The lowest BCUT2D eigenvalue weighted by Gasteiger charge is -2.17. The van der Waals surface area contributed by atoms with Gasteiger partial charge in [-0.15, -0.1) is 0 Å². The van der Waals surface area contributed by atoms with Gasteiger partial charge in [0, 0.05) is 5.56 Å². The first-order valence-electron chi connectivity index (χ1n) is 5.68. The van der Waals surface area contributed by atoms with E-state index in [1.165, 1.54) is 18.2 Å². The molecule has 0 aliphatic heterocycles. The van der Waals surface area contributed by atoms with E-state index in [2.05, 4.69) is 5.32 Å².